The molecular weight excluding hydrogens is 252 g/mol. The lowest BCUT2D eigenvalue weighted by atomic mass is 9.88. The van der Waals surface area contributed by atoms with Crippen molar-refractivity contribution in [2.45, 2.75) is 57.8 Å². The SMILES string of the molecule is COc1ccc(C(O)C(C)OC2CCCC(C)C2)cc1. The molecule has 1 aromatic carbocycles. The summed E-state index contributed by atoms with van der Waals surface area (Å²) < 4.78 is 11.2. The molecule has 0 radical (unpaired) electrons. The number of rotatable bonds is 5. The van der Waals surface area contributed by atoms with Crippen LogP contribution in [0.4, 0.5) is 0 Å². The summed E-state index contributed by atoms with van der Waals surface area (Å²) in [6, 6.07) is 7.53. The Morgan fingerprint density at radius 3 is 2.50 bits per heavy atom. The Hall–Kier alpha value is -1.06. The van der Waals surface area contributed by atoms with Gasteiger partial charge in [0.05, 0.1) is 19.3 Å². The maximum absolute atomic E-state index is 10.4. The van der Waals surface area contributed by atoms with Crippen molar-refractivity contribution in [2.75, 3.05) is 7.11 Å². The lowest BCUT2D eigenvalue weighted by Gasteiger charge is -2.31. The van der Waals surface area contributed by atoms with Crippen LogP contribution in [0, 0.1) is 5.92 Å². The van der Waals surface area contributed by atoms with E-state index in [4.69, 9.17) is 9.47 Å². The summed E-state index contributed by atoms with van der Waals surface area (Å²) in [5.74, 6) is 1.54. The maximum Gasteiger partial charge on any atom is 0.118 e. The molecule has 1 aliphatic rings. The largest absolute Gasteiger partial charge is 0.497 e. The summed E-state index contributed by atoms with van der Waals surface area (Å²) in [5, 5.41) is 10.4. The molecule has 20 heavy (non-hydrogen) atoms. The molecule has 1 N–H and O–H groups in total. The Labute approximate surface area is 121 Å². The standard InChI is InChI=1S/C17H26O3/c1-12-5-4-6-16(11-12)20-13(2)17(18)14-7-9-15(19-3)10-8-14/h7-10,12-13,16-18H,4-6,11H2,1-3H3. The van der Waals surface area contributed by atoms with Crippen molar-refractivity contribution in [3.05, 3.63) is 29.8 Å². The highest BCUT2D eigenvalue weighted by atomic mass is 16.5. The van der Waals surface area contributed by atoms with Crippen molar-refractivity contribution in [3.63, 3.8) is 0 Å². The first kappa shape index (κ1) is 15.3. The Kier molecular flexibility index (Phi) is 5.44. The third-order valence-corrected chi connectivity index (χ3v) is 4.20. The van der Waals surface area contributed by atoms with Gasteiger partial charge in [-0.3, -0.25) is 0 Å². The first-order chi connectivity index (χ1) is 9.60. The van der Waals surface area contributed by atoms with Crippen LogP contribution in [0.1, 0.15) is 51.2 Å². The summed E-state index contributed by atoms with van der Waals surface area (Å²) >= 11 is 0. The Balaban J connectivity index is 1.91. The van der Waals surface area contributed by atoms with E-state index < -0.39 is 6.10 Å². The molecule has 3 nitrogen and oxygen atoms in total. The molecule has 1 saturated carbocycles. The molecule has 3 heteroatoms. The average molecular weight is 278 g/mol. The lowest BCUT2D eigenvalue weighted by Crippen LogP contribution is -2.29. The van der Waals surface area contributed by atoms with E-state index in [2.05, 4.69) is 6.92 Å². The topological polar surface area (TPSA) is 38.7 Å². The van der Waals surface area contributed by atoms with Crippen molar-refractivity contribution < 1.29 is 14.6 Å². The number of hydrogen-bond acceptors (Lipinski definition) is 3. The lowest BCUT2D eigenvalue weighted by molar-refractivity contribution is -0.0849. The summed E-state index contributed by atoms with van der Waals surface area (Å²) in [7, 11) is 1.64. The van der Waals surface area contributed by atoms with E-state index in [1.165, 1.54) is 12.8 Å². The average Bonchev–Trinajstić information content (AvgIpc) is 2.46. The minimum Gasteiger partial charge on any atom is -0.497 e. The third kappa shape index (κ3) is 3.97. The zero-order valence-electron chi connectivity index (χ0n) is 12.7. The van der Waals surface area contributed by atoms with Crippen LogP contribution in [0.3, 0.4) is 0 Å². The van der Waals surface area contributed by atoms with Gasteiger partial charge >= 0.3 is 0 Å². The fourth-order valence-electron chi connectivity index (χ4n) is 2.95. The molecule has 0 aromatic heterocycles. The second kappa shape index (κ2) is 7.09. The predicted octanol–water partition coefficient (Wildman–Crippen LogP) is 3.71. The molecule has 0 spiro atoms. The smallest absolute Gasteiger partial charge is 0.118 e. The third-order valence-electron chi connectivity index (χ3n) is 4.20. The number of methoxy groups -OCH3 is 1. The van der Waals surface area contributed by atoms with Crippen LogP contribution in [0.2, 0.25) is 0 Å². The van der Waals surface area contributed by atoms with E-state index in [-0.39, 0.29) is 6.10 Å². The van der Waals surface area contributed by atoms with Crippen molar-refractivity contribution in [3.8, 4) is 5.75 Å². The molecule has 1 aliphatic carbocycles. The van der Waals surface area contributed by atoms with E-state index in [1.54, 1.807) is 7.11 Å². The number of aliphatic hydroxyl groups is 1. The maximum atomic E-state index is 10.4. The zero-order valence-corrected chi connectivity index (χ0v) is 12.7. The summed E-state index contributed by atoms with van der Waals surface area (Å²) in [6.45, 7) is 4.23. The highest BCUT2D eigenvalue weighted by Crippen LogP contribution is 2.29. The van der Waals surface area contributed by atoms with Gasteiger partial charge in [0.2, 0.25) is 0 Å². The Morgan fingerprint density at radius 2 is 1.90 bits per heavy atom. The van der Waals surface area contributed by atoms with Crippen LogP contribution in [-0.4, -0.2) is 24.4 Å². The molecule has 112 valence electrons. The molecule has 1 aromatic rings. The van der Waals surface area contributed by atoms with Crippen LogP contribution in [0.15, 0.2) is 24.3 Å². The van der Waals surface area contributed by atoms with Gasteiger partial charge in [0, 0.05) is 0 Å². The van der Waals surface area contributed by atoms with Gasteiger partial charge in [-0.15, -0.1) is 0 Å². The van der Waals surface area contributed by atoms with Crippen LogP contribution in [0.25, 0.3) is 0 Å². The number of hydrogen-bond donors (Lipinski definition) is 1. The van der Waals surface area contributed by atoms with Crippen molar-refractivity contribution in [1.29, 1.82) is 0 Å². The molecule has 0 bridgehead atoms. The van der Waals surface area contributed by atoms with E-state index in [1.807, 2.05) is 31.2 Å². The van der Waals surface area contributed by atoms with Crippen molar-refractivity contribution in [2.24, 2.45) is 5.92 Å². The van der Waals surface area contributed by atoms with Gasteiger partial charge in [-0.05, 0) is 43.4 Å². The highest BCUT2D eigenvalue weighted by molar-refractivity contribution is 5.28. The van der Waals surface area contributed by atoms with Gasteiger partial charge in [-0.2, -0.15) is 0 Å². The van der Waals surface area contributed by atoms with Gasteiger partial charge in [0.1, 0.15) is 11.9 Å². The predicted molar refractivity (Wildman–Crippen MR) is 79.9 cm³/mol. The first-order valence-electron chi connectivity index (χ1n) is 7.57. The van der Waals surface area contributed by atoms with Crippen molar-refractivity contribution >= 4 is 0 Å². The zero-order chi connectivity index (χ0) is 14.5. The molecular formula is C17H26O3. The minimum absolute atomic E-state index is 0.182. The molecule has 0 amide bonds. The fourth-order valence-corrected chi connectivity index (χ4v) is 2.95. The number of aliphatic hydroxyl groups excluding tert-OH is 1. The van der Waals surface area contributed by atoms with E-state index in [0.717, 1.165) is 30.1 Å². The molecule has 1 fully saturated rings. The quantitative estimate of drug-likeness (QED) is 0.892. The number of ether oxygens (including phenoxy) is 2. The second-order valence-electron chi connectivity index (χ2n) is 5.95. The van der Waals surface area contributed by atoms with Gasteiger partial charge in [0.15, 0.2) is 0 Å². The van der Waals surface area contributed by atoms with Gasteiger partial charge in [-0.1, -0.05) is 31.9 Å². The van der Waals surface area contributed by atoms with Crippen LogP contribution in [0.5, 0.6) is 5.75 Å². The van der Waals surface area contributed by atoms with E-state index >= 15 is 0 Å². The molecule has 4 unspecified atom stereocenters. The van der Waals surface area contributed by atoms with E-state index in [0.29, 0.717) is 6.10 Å². The molecule has 0 aliphatic heterocycles. The monoisotopic (exact) mass is 278 g/mol. The Morgan fingerprint density at radius 1 is 1.20 bits per heavy atom. The fraction of sp³-hybridized carbons (Fsp3) is 0.647. The van der Waals surface area contributed by atoms with Crippen LogP contribution >= 0.6 is 0 Å². The summed E-state index contributed by atoms with van der Waals surface area (Å²) in [4.78, 5) is 0. The van der Waals surface area contributed by atoms with Gasteiger partial charge in [0.25, 0.3) is 0 Å². The number of benzene rings is 1. The van der Waals surface area contributed by atoms with Gasteiger partial charge < -0.3 is 14.6 Å². The minimum atomic E-state index is -0.585. The Bertz CT molecular complexity index is 401. The molecule has 2 rings (SSSR count). The van der Waals surface area contributed by atoms with Crippen LogP contribution < -0.4 is 4.74 Å². The molecule has 0 heterocycles. The highest BCUT2D eigenvalue weighted by Gasteiger charge is 2.25. The van der Waals surface area contributed by atoms with E-state index in [9.17, 15) is 5.11 Å². The van der Waals surface area contributed by atoms with Crippen molar-refractivity contribution in [1.82, 2.24) is 0 Å². The van der Waals surface area contributed by atoms with Crippen LogP contribution in [-0.2, 0) is 4.74 Å². The summed E-state index contributed by atoms with van der Waals surface area (Å²) in [6.07, 6.45) is 4.29. The second-order valence-corrected chi connectivity index (χ2v) is 5.95. The molecule has 4 atom stereocenters. The summed E-state index contributed by atoms with van der Waals surface area (Å²) in [5.41, 5.74) is 0.877. The normalized spacial score (nSPS) is 26.0. The molecule has 0 saturated heterocycles. The first-order valence-corrected chi connectivity index (χ1v) is 7.57. The van der Waals surface area contributed by atoms with Gasteiger partial charge in [-0.25, -0.2) is 0 Å².